The Morgan fingerprint density at radius 3 is 2.64 bits per heavy atom. The predicted octanol–water partition coefficient (Wildman–Crippen LogP) is 2.25. The first kappa shape index (κ1) is 16.2. The van der Waals surface area contributed by atoms with E-state index < -0.39 is 11.3 Å². The molecule has 25 heavy (non-hydrogen) atoms. The van der Waals surface area contributed by atoms with Gasteiger partial charge in [0.05, 0.1) is 16.8 Å². The molecule has 0 aliphatic heterocycles. The third-order valence-electron chi connectivity index (χ3n) is 5.30. The number of amides is 1. The fraction of sp³-hybridized carbons (Fsp3) is 0.500. The van der Waals surface area contributed by atoms with Crippen LogP contribution in [0, 0.1) is 0 Å². The maximum Gasteiger partial charge on any atom is 0.260 e. The van der Waals surface area contributed by atoms with E-state index in [1.807, 2.05) is 0 Å². The van der Waals surface area contributed by atoms with Crippen LogP contribution in [0.25, 0.3) is 0 Å². The van der Waals surface area contributed by atoms with E-state index in [1.54, 1.807) is 35.0 Å². The normalized spacial score (nSPS) is 23.8. The smallest absolute Gasteiger partial charge is 0.260 e. The minimum atomic E-state index is -2.78. The number of aromatic nitrogens is 3. The van der Waals surface area contributed by atoms with Gasteiger partial charge in [0.15, 0.2) is 0 Å². The van der Waals surface area contributed by atoms with Crippen LogP contribution in [0.2, 0.25) is 0 Å². The molecule has 0 bridgehead atoms. The average Bonchev–Trinajstić information content (AvgIpc) is 2.97. The zero-order chi connectivity index (χ0) is 17.5. The molecule has 2 aromatic rings. The van der Waals surface area contributed by atoms with Crippen LogP contribution >= 0.6 is 0 Å². The molecule has 132 valence electrons. The van der Waals surface area contributed by atoms with E-state index in [0.717, 1.165) is 37.1 Å². The van der Waals surface area contributed by atoms with Crippen molar-refractivity contribution in [3.05, 3.63) is 47.3 Å². The molecule has 0 spiro atoms. The molecule has 7 heteroatoms. The molecule has 1 heterocycles. The van der Waals surface area contributed by atoms with E-state index >= 15 is 0 Å². The molecule has 2 aliphatic rings. The van der Waals surface area contributed by atoms with Gasteiger partial charge in [-0.25, -0.2) is 13.5 Å². The number of benzene rings is 1. The lowest BCUT2D eigenvalue weighted by molar-refractivity contribution is -0.122. The number of alkyl halides is 2. The Labute approximate surface area is 144 Å². The fourth-order valence-electron chi connectivity index (χ4n) is 3.69. The first-order chi connectivity index (χ1) is 12.0. The van der Waals surface area contributed by atoms with Crippen molar-refractivity contribution in [1.82, 2.24) is 20.3 Å². The van der Waals surface area contributed by atoms with Crippen molar-refractivity contribution in [1.29, 1.82) is 0 Å². The van der Waals surface area contributed by atoms with E-state index in [4.69, 9.17) is 0 Å². The molecule has 1 amide bonds. The molecule has 0 saturated heterocycles. The summed E-state index contributed by atoms with van der Waals surface area (Å²) in [6, 6.07) is 8.68. The van der Waals surface area contributed by atoms with Crippen molar-refractivity contribution in [2.24, 2.45) is 0 Å². The highest BCUT2D eigenvalue weighted by molar-refractivity contribution is 5.76. The van der Waals surface area contributed by atoms with Gasteiger partial charge in [-0.05, 0) is 31.2 Å². The summed E-state index contributed by atoms with van der Waals surface area (Å²) in [6.45, 7) is -0.0431. The van der Waals surface area contributed by atoms with Crippen molar-refractivity contribution in [2.75, 3.05) is 6.54 Å². The molecular formula is C18H20F2N4O. The van der Waals surface area contributed by atoms with E-state index in [0.29, 0.717) is 5.56 Å². The van der Waals surface area contributed by atoms with Gasteiger partial charge in [0.2, 0.25) is 5.91 Å². The van der Waals surface area contributed by atoms with Gasteiger partial charge in [0.1, 0.15) is 6.54 Å². The molecule has 1 unspecified atom stereocenters. The average molecular weight is 346 g/mol. The van der Waals surface area contributed by atoms with Crippen molar-refractivity contribution >= 4 is 5.91 Å². The lowest BCUT2D eigenvalue weighted by Gasteiger charge is -2.18. The van der Waals surface area contributed by atoms with Gasteiger partial charge < -0.3 is 5.32 Å². The summed E-state index contributed by atoms with van der Waals surface area (Å²) >= 11 is 0. The summed E-state index contributed by atoms with van der Waals surface area (Å²) < 4.78 is 29.6. The van der Waals surface area contributed by atoms with Crippen molar-refractivity contribution in [2.45, 2.75) is 50.0 Å². The van der Waals surface area contributed by atoms with Gasteiger partial charge in [-0.2, -0.15) is 0 Å². The number of carbonyl (C=O) groups excluding carboxylic acids is 1. The third-order valence-corrected chi connectivity index (χ3v) is 5.30. The van der Waals surface area contributed by atoms with Crippen LogP contribution in [0.15, 0.2) is 30.3 Å². The zero-order valence-electron chi connectivity index (χ0n) is 13.8. The van der Waals surface area contributed by atoms with Crippen molar-refractivity contribution in [3.8, 4) is 0 Å². The monoisotopic (exact) mass is 346 g/mol. The summed E-state index contributed by atoms with van der Waals surface area (Å²) in [6.07, 6.45) is 3.67. The summed E-state index contributed by atoms with van der Waals surface area (Å²) in [5.74, 6) is -3.09. The molecule has 5 nitrogen and oxygen atoms in total. The SMILES string of the molecule is O=C(Cn1nnc2c1CCCC2)NCC1(c2ccccc2)CC1(F)F. The number of hydrogen-bond acceptors (Lipinski definition) is 3. The highest BCUT2D eigenvalue weighted by atomic mass is 19.3. The van der Waals surface area contributed by atoms with Crippen LogP contribution < -0.4 is 5.32 Å². The number of rotatable bonds is 5. The molecule has 1 saturated carbocycles. The van der Waals surface area contributed by atoms with Gasteiger partial charge in [-0.1, -0.05) is 35.5 Å². The number of nitrogens with one attached hydrogen (secondary N) is 1. The maximum atomic E-state index is 14.0. The molecule has 1 aromatic heterocycles. The lowest BCUT2D eigenvalue weighted by atomic mass is 9.95. The number of hydrogen-bond donors (Lipinski definition) is 1. The quantitative estimate of drug-likeness (QED) is 0.903. The minimum absolute atomic E-state index is 0.0266. The molecular weight excluding hydrogens is 326 g/mol. The van der Waals surface area contributed by atoms with Gasteiger partial charge in [0.25, 0.3) is 5.92 Å². The number of carbonyl (C=O) groups is 1. The molecule has 0 radical (unpaired) electrons. The Kier molecular flexibility index (Phi) is 3.81. The highest BCUT2D eigenvalue weighted by Crippen LogP contribution is 2.61. The Morgan fingerprint density at radius 1 is 1.20 bits per heavy atom. The Hall–Kier alpha value is -2.31. The number of aryl methyl sites for hydroxylation is 1. The molecule has 4 rings (SSSR count). The van der Waals surface area contributed by atoms with E-state index in [1.165, 1.54) is 0 Å². The van der Waals surface area contributed by atoms with Crippen LogP contribution in [-0.2, 0) is 29.6 Å². The Balaban J connectivity index is 1.42. The number of halogens is 2. The molecule has 1 aromatic carbocycles. The predicted molar refractivity (Wildman–Crippen MR) is 87.4 cm³/mol. The van der Waals surface area contributed by atoms with Gasteiger partial charge in [-0.15, -0.1) is 5.10 Å². The largest absolute Gasteiger partial charge is 0.353 e. The summed E-state index contributed by atoms with van der Waals surface area (Å²) in [4.78, 5) is 12.3. The van der Waals surface area contributed by atoms with Gasteiger partial charge in [0, 0.05) is 13.0 Å². The third kappa shape index (κ3) is 2.81. The topological polar surface area (TPSA) is 59.8 Å². The van der Waals surface area contributed by atoms with Crippen molar-refractivity contribution < 1.29 is 13.6 Å². The highest BCUT2D eigenvalue weighted by Gasteiger charge is 2.71. The number of nitrogens with zero attached hydrogens (tertiary/aromatic N) is 3. The molecule has 2 aliphatic carbocycles. The fourth-order valence-corrected chi connectivity index (χ4v) is 3.69. The van der Waals surface area contributed by atoms with Crippen LogP contribution in [0.4, 0.5) is 8.78 Å². The summed E-state index contributed by atoms with van der Waals surface area (Å²) in [5.41, 5.74) is 1.23. The van der Waals surface area contributed by atoms with E-state index in [2.05, 4.69) is 15.6 Å². The van der Waals surface area contributed by atoms with Crippen LogP contribution in [0.1, 0.15) is 36.2 Å². The second-order valence-corrected chi connectivity index (χ2v) is 6.95. The maximum absolute atomic E-state index is 14.0. The first-order valence-electron chi connectivity index (χ1n) is 8.63. The van der Waals surface area contributed by atoms with Crippen LogP contribution in [0.3, 0.4) is 0 Å². The van der Waals surface area contributed by atoms with Gasteiger partial charge >= 0.3 is 0 Å². The number of fused-ring (bicyclic) bond motifs is 1. The molecule has 1 fully saturated rings. The van der Waals surface area contributed by atoms with Crippen LogP contribution in [-0.4, -0.2) is 33.4 Å². The Bertz CT molecular complexity index is 790. The zero-order valence-corrected chi connectivity index (χ0v) is 13.8. The lowest BCUT2D eigenvalue weighted by Crippen LogP contribution is -2.37. The van der Waals surface area contributed by atoms with Gasteiger partial charge in [-0.3, -0.25) is 4.79 Å². The summed E-state index contributed by atoms with van der Waals surface area (Å²) in [5, 5.41) is 10.8. The standard InChI is InChI=1S/C18H20F2N4O/c19-18(20)11-17(18,13-6-2-1-3-7-13)12-21-16(25)10-24-15-9-5-4-8-14(15)22-23-24/h1-3,6-7H,4-5,8-12H2,(H,21,25). The second kappa shape index (κ2) is 5.89. The summed E-state index contributed by atoms with van der Waals surface area (Å²) in [7, 11) is 0. The molecule has 1 N–H and O–H groups in total. The Morgan fingerprint density at radius 2 is 1.92 bits per heavy atom. The van der Waals surface area contributed by atoms with E-state index in [9.17, 15) is 13.6 Å². The molecule has 1 atom stereocenters. The second-order valence-electron chi connectivity index (χ2n) is 6.95. The van der Waals surface area contributed by atoms with Crippen LogP contribution in [0.5, 0.6) is 0 Å². The minimum Gasteiger partial charge on any atom is -0.353 e. The van der Waals surface area contributed by atoms with E-state index in [-0.39, 0.29) is 25.4 Å². The van der Waals surface area contributed by atoms with Crippen molar-refractivity contribution in [3.63, 3.8) is 0 Å². The first-order valence-corrected chi connectivity index (χ1v) is 8.63.